The van der Waals surface area contributed by atoms with Crippen LogP contribution in [-0.2, 0) is 23.8 Å². The molecule has 7 nitrogen and oxygen atoms in total. The van der Waals surface area contributed by atoms with Gasteiger partial charge >= 0.3 is 18.1 Å². The van der Waals surface area contributed by atoms with Crippen LogP contribution >= 0.6 is 0 Å². The Morgan fingerprint density at radius 2 is 1.67 bits per heavy atom. The zero-order valence-corrected chi connectivity index (χ0v) is 11.4. The fourth-order valence-corrected chi connectivity index (χ4v) is 0.917. The van der Waals surface area contributed by atoms with Crippen LogP contribution in [0.4, 0.5) is 4.79 Å². The summed E-state index contributed by atoms with van der Waals surface area (Å²) < 4.78 is 13.9. The van der Waals surface area contributed by atoms with E-state index in [1.54, 1.807) is 27.7 Å². The first kappa shape index (κ1) is 18.7. The van der Waals surface area contributed by atoms with Gasteiger partial charge in [0.05, 0.1) is 0 Å². The van der Waals surface area contributed by atoms with Crippen molar-refractivity contribution < 1.29 is 28.6 Å². The standard InChI is InChI=1S/C11H18O6.H3N/c1-6-8(15-7(2)12)9(13)16-10(14)17-11(3,4)5;/h8H,6H2,1-5H3;1H3. The molecular weight excluding hydrogens is 242 g/mol. The first-order chi connectivity index (χ1) is 7.65. The number of esters is 2. The van der Waals surface area contributed by atoms with Gasteiger partial charge in [-0.05, 0) is 27.2 Å². The zero-order chi connectivity index (χ0) is 13.6. The fourth-order valence-electron chi connectivity index (χ4n) is 0.917. The minimum atomic E-state index is -1.10. The van der Waals surface area contributed by atoms with Crippen LogP contribution in [0, 0.1) is 0 Å². The minimum Gasteiger partial charge on any atom is -0.451 e. The molecule has 0 saturated heterocycles. The molecule has 0 radical (unpaired) electrons. The van der Waals surface area contributed by atoms with Crippen LogP contribution in [0.3, 0.4) is 0 Å². The molecule has 18 heavy (non-hydrogen) atoms. The van der Waals surface area contributed by atoms with Crippen molar-refractivity contribution in [2.75, 3.05) is 0 Å². The number of rotatable bonds is 3. The second-order valence-electron chi connectivity index (χ2n) is 4.39. The van der Waals surface area contributed by atoms with E-state index in [2.05, 4.69) is 9.47 Å². The number of ether oxygens (including phenoxy) is 3. The zero-order valence-electron chi connectivity index (χ0n) is 11.4. The lowest BCUT2D eigenvalue weighted by molar-refractivity contribution is -0.165. The van der Waals surface area contributed by atoms with E-state index in [-0.39, 0.29) is 12.6 Å². The lowest BCUT2D eigenvalue weighted by atomic mass is 10.2. The molecule has 7 heteroatoms. The van der Waals surface area contributed by atoms with Gasteiger partial charge in [0.15, 0.2) is 6.10 Å². The molecule has 106 valence electrons. The smallest absolute Gasteiger partial charge is 0.451 e. The van der Waals surface area contributed by atoms with Gasteiger partial charge in [0.1, 0.15) is 5.60 Å². The summed E-state index contributed by atoms with van der Waals surface area (Å²) in [6.45, 7) is 7.72. The maximum atomic E-state index is 11.4. The van der Waals surface area contributed by atoms with Crippen LogP contribution in [0.5, 0.6) is 0 Å². The van der Waals surface area contributed by atoms with E-state index >= 15 is 0 Å². The van der Waals surface area contributed by atoms with Crippen LogP contribution < -0.4 is 6.15 Å². The summed E-state index contributed by atoms with van der Waals surface area (Å²) in [5, 5.41) is 0. The second kappa shape index (κ2) is 7.65. The van der Waals surface area contributed by atoms with Crippen molar-refractivity contribution in [3.63, 3.8) is 0 Å². The maximum absolute atomic E-state index is 11.4. The monoisotopic (exact) mass is 263 g/mol. The van der Waals surface area contributed by atoms with Gasteiger partial charge in [0.25, 0.3) is 0 Å². The molecule has 0 aromatic rings. The molecule has 0 aromatic heterocycles. The molecule has 0 amide bonds. The lowest BCUT2D eigenvalue weighted by Gasteiger charge is -2.19. The number of carbonyl (C=O) groups is 3. The molecule has 1 atom stereocenters. The van der Waals surface area contributed by atoms with Gasteiger partial charge in [0.2, 0.25) is 0 Å². The molecule has 0 rings (SSSR count). The second-order valence-corrected chi connectivity index (χ2v) is 4.39. The average molecular weight is 263 g/mol. The van der Waals surface area contributed by atoms with Crippen molar-refractivity contribution in [1.82, 2.24) is 6.15 Å². The summed E-state index contributed by atoms with van der Waals surface area (Å²) in [5.41, 5.74) is -0.749. The van der Waals surface area contributed by atoms with Crippen molar-refractivity contribution in [2.45, 2.75) is 52.7 Å². The SMILES string of the molecule is CCC(OC(C)=O)C(=O)OC(=O)OC(C)(C)C.N. The quantitative estimate of drug-likeness (QED) is 0.611. The van der Waals surface area contributed by atoms with E-state index < -0.39 is 29.8 Å². The summed E-state index contributed by atoms with van der Waals surface area (Å²) in [7, 11) is 0. The molecule has 0 heterocycles. The molecular formula is C11H21NO6. The molecule has 0 aliphatic heterocycles. The Labute approximate surface area is 106 Å². The minimum absolute atomic E-state index is 0. The van der Waals surface area contributed by atoms with Crippen molar-refractivity contribution in [3.05, 3.63) is 0 Å². The predicted molar refractivity (Wildman–Crippen MR) is 63.2 cm³/mol. The Morgan fingerprint density at radius 1 is 1.17 bits per heavy atom. The lowest BCUT2D eigenvalue weighted by Crippen LogP contribution is -2.32. The maximum Gasteiger partial charge on any atom is 0.516 e. The topological polar surface area (TPSA) is 114 Å². The van der Waals surface area contributed by atoms with Gasteiger partial charge in [-0.3, -0.25) is 4.79 Å². The Bertz CT molecular complexity index is 307. The van der Waals surface area contributed by atoms with E-state index in [0.29, 0.717) is 0 Å². The Kier molecular flexibility index (Phi) is 7.96. The third kappa shape index (κ3) is 8.51. The highest BCUT2D eigenvalue weighted by atomic mass is 16.8. The highest BCUT2D eigenvalue weighted by Gasteiger charge is 2.26. The normalized spacial score (nSPS) is 11.8. The number of carbonyl (C=O) groups excluding carboxylic acids is 3. The van der Waals surface area contributed by atoms with Gasteiger partial charge < -0.3 is 20.4 Å². The molecule has 1 unspecified atom stereocenters. The summed E-state index contributed by atoms with van der Waals surface area (Å²) >= 11 is 0. The Morgan fingerprint density at radius 3 is 2.00 bits per heavy atom. The fraction of sp³-hybridized carbons (Fsp3) is 0.727. The highest BCUT2D eigenvalue weighted by Crippen LogP contribution is 2.09. The van der Waals surface area contributed by atoms with E-state index in [9.17, 15) is 14.4 Å². The van der Waals surface area contributed by atoms with Gasteiger partial charge in [-0.2, -0.15) is 0 Å². The van der Waals surface area contributed by atoms with Crippen LogP contribution in [0.1, 0.15) is 41.0 Å². The van der Waals surface area contributed by atoms with Gasteiger partial charge in [-0.15, -0.1) is 0 Å². The highest BCUT2D eigenvalue weighted by molar-refractivity contribution is 5.86. The summed E-state index contributed by atoms with van der Waals surface area (Å²) in [5.74, 6) is -1.55. The van der Waals surface area contributed by atoms with Crippen LogP contribution in [-0.4, -0.2) is 29.8 Å². The van der Waals surface area contributed by atoms with E-state index in [1.807, 2.05) is 0 Å². The third-order valence-corrected chi connectivity index (χ3v) is 1.52. The summed E-state index contributed by atoms with van der Waals surface area (Å²) in [4.78, 5) is 33.3. The van der Waals surface area contributed by atoms with Crippen LogP contribution in [0.15, 0.2) is 0 Å². The van der Waals surface area contributed by atoms with Crippen molar-refractivity contribution in [1.29, 1.82) is 0 Å². The third-order valence-electron chi connectivity index (χ3n) is 1.52. The first-order valence-electron chi connectivity index (χ1n) is 5.27. The van der Waals surface area contributed by atoms with Crippen molar-refractivity contribution in [2.24, 2.45) is 0 Å². The molecule has 0 saturated carbocycles. The molecule has 0 spiro atoms. The van der Waals surface area contributed by atoms with Gasteiger partial charge in [-0.25, -0.2) is 9.59 Å². The first-order valence-corrected chi connectivity index (χ1v) is 5.27. The largest absolute Gasteiger partial charge is 0.516 e. The molecule has 0 aliphatic rings. The van der Waals surface area contributed by atoms with E-state index in [4.69, 9.17) is 4.74 Å². The van der Waals surface area contributed by atoms with E-state index in [0.717, 1.165) is 0 Å². The molecule has 0 aliphatic carbocycles. The number of hydrogen-bond donors (Lipinski definition) is 1. The summed E-state index contributed by atoms with van der Waals surface area (Å²) in [6.07, 6.45) is -1.96. The molecule has 0 bridgehead atoms. The van der Waals surface area contributed by atoms with Crippen LogP contribution in [0.2, 0.25) is 0 Å². The number of hydrogen-bond acceptors (Lipinski definition) is 7. The molecule has 0 aromatic carbocycles. The van der Waals surface area contributed by atoms with E-state index in [1.165, 1.54) is 6.92 Å². The Hall–Kier alpha value is -1.63. The van der Waals surface area contributed by atoms with Gasteiger partial charge in [-0.1, -0.05) is 6.92 Å². The Balaban J connectivity index is 0. The van der Waals surface area contributed by atoms with Crippen molar-refractivity contribution >= 4 is 18.1 Å². The van der Waals surface area contributed by atoms with Crippen LogP contribution in [0.25, 0.3) is 0 Å². The summed E-state index contributed by atoms with van der Waals surface area (Å²) in [6, 6.07) is 0. The van der Waals surface area contributed by atoms with Gasteiger partial charge in [0, 0.05) is 6.92 Å². The predicted octanol–water partition coefficient (Wildman–Crippen LogP) is 1.97. The molecule has 3 N–H and O–H groups in total. The van der Waals surface area contributed by atoms with Crippen molar-refractivity contribution in [3.8, 4) is 0 Å². The average Bonchev–Trinajstić information content (AvgIpc) is 2.10. The molecule has 0 fully saturated rings.